The fraction of sp³-hybridized carbons (Fsp3) is 0.333. The average Bonchev–Trinajstić information content (AvgIpc) is 2.96. The molecule has 0 aliphatic heterocycles. The fourth-order valence-electron chi connectivity index (χ4n) is 1.85. The predicted molar refractivity (Wildman–Crippen MR) is 79.3 cm³/mol. The van der Waals surface area contributed by atoms with Crippen LogP contribution >= 0.6 is 23.1 Å². The molecule has 9 heteroatoms. The fourth-order valence-corrected chi connectivity index (χ4v) is 3.73. The van der Waals surface area contributed by atoms with Gasteiger partial charge in [0, 0.05) is 17.3 Å². The Balaban J connectivity index is 2.38. The Morgan fingerprint density at radius 2 is 2.33 bits per heavy atom. The largest absolute Gasteiger partial charge is 0.477 e. The molecule has 0 radical (unpaired) electrons. The van der Waals surface area contributed by atoms with Gasteiger partial charge in [0.15, 0.2) is 5.03 Å². The van der Waals surface area contributed by atoms with Crippen LogP contribution in [0.3, 0.4) is 0 Å². The Bertz CT molecular complexity index is 693. The Morgan fingerprint density at radius 1 is 1.62 bits per heavy atom. The van der Waals surface area contributed by atoms with E-state index in [-0.39, 0.29) is 10.6 Å². The minimum atomic E-state index is -1.00. The Labute approximate surface area is 128 Å². The van der Waals surface area contributed by atoms with E-state index in [4.69, 9.17) is 5.11 Å². The van der Waals surface area contributed by atoms with Gasteiger partial charge in [-0.15, -0.1) is 11.3 Å². The molecule has 0 saturated heterocycles. The monoisotopic (exact) mass is 327 g/mol. The predicted octanol–water partition coefficient (Wildman–Crippen LogP) is 3.19. The van der Waals surface area contributed by atoms with Gasteiger partial charge in [-0.3, -0.25) is 14.8 Å². The van der Waals surface area contributed by atoms with Crippen molar-refractivity contribution in [2.24, 2.45) is 7.05 Å². The maximum atomic E-state index is 11.3. The molecule has 0 aromatic carbocycles. The lowest BCUT2D eigenvalue weighted by Crippen LogP contribution is -1.94. The van der Waals surface area contributed by atoms with Gasteiger partial charge in [-0.05, 0) is 12.5 Å². The van der Waals surface area contributed by atoms with E-state index in [1.54, 1.807) is 12.4 Å². The number of rotatable bonds is 6. The summed E-state index contributed by atoms with van der Waals surface area (Å²) >= 11 is 2.25. The van der Waals surface area contributed by atoms with E-state index in [9.17, 15) is 14.9 Å². The normalized spacial score (nSPS) is 10.8. The molecule has 2 aromatic rings. The number of hydrogen-bond donors (Lipinski definition) is 1. The molecule has 0 spiro atoms. The molecule has 21 heavy (non-hydrogen) atoms. The van der Waals surface area contributed by atoms with Crippen LogP contribution < -0.4 is 0 Å². The summed E-state index contributed by atoms with van der Waals surface area (Å²) in [6.45, 7) is 1.93. The highest BCUT2D eigenvalue weighted by Crippen LogP contribution is 2.38. The van der Waals surface area contributed by atoms with Crippen molar-refractivity contribution in [1.82, 2.24) is 9.78 Å². The maximum absolute atomic E-state index is 11.3. The molecule has 0 aliphatic carbocycles. The Kier molecular flexibility index (Phi) is 4.63. The molecule has 2 rings (SSSR count). The van der Waals surface area contributed by atoms with Crippen molar-refractivity contribution in [3.05, 3.63) is 32.1 Å². The van der Waals surface area contributed by atoms with Gasteiger partial charge in [-0.2, -0.15) is 5.10 Å². The van der Waals surface area contributed by atoms with E-state index in [2.05, 4.69) is 5.10 Å². The van der Waals surface area contributed by atoms with Crippen molar-refractivity contribution in [1.29, 1.82) is 0 Å². The first-order chi connectivity index (χ1) is 9.93. The number of nitrogens with zero attached hydrogens (tertiary/aromatic N) is 3. The standard InChI is InChI=1S/C12H13N3O4S2/c1-3-4-8-10(15(18)19)11(14(2)13-8)21-7-5-9(12(16)17)20-6-7/h5-6H,3-4H2,1-2H3,(H,16,17). The summed E-state index contributed by atoms with van der Waals surface area (Å²) in [5, 5.41) is 26.5. The van der Waals surface area contributed by atoms with E-state index >= 15 is 0 Å². The van der Waals surface area contributed by atoms with Crippen LogP contribution in [-0.2, 0) is 13.5 Å². The second-order valence-electron chi connectivity index (χ2n) is 4.29. The number of aromatic nitrogens is 2. The molecule has 2 aromatic heterocycles. The minimum Gasteiger partial charge on any atom is -0.477 e. The van der Waals surface area contributed by atoms with E-state index in [0.717, 1.165) is 29.5 Å². The lowest BCUT2D eigenvalue weighted by molar-refractivity contribution is -0.388. The highest BCUT2D eigenvalue weighted by molar-refractivity contribution is 7.99. The number of aryl methyl sites for hydroxylation is 2. The second kappa shape index (κ2) is 6.27. The van der Waals surface area contributed by atoms with Gasteiger partial charge in [0.05, 0.1) is 4.92 Å². The van der Waals surface area contributed by atoms with Crippen molar-refractivity contribution in [2.45, 2.75) is 29.7 Å². The minimum absolute atomic E-state index is 0.00688. The summed E-state index contributed by atoms with van der Waals surface area (Å²) in [4.78, 5) is 22.6. The van der Waals surface area contributed by atoms with Gasteiger partial charge in [0.1, 0.15) is 10.6 Å². The summed E-state index contributed by atoms with van der Waals surface area (Å²) < 4.78 is 1.48. The molecule has 0 bridgehead atoms. The van der Waals surface area contributed by atoms with Crippen LogP contribution in [0.15, 0.2) is 21.4 Å². The lowest BCUT2D eigenvalue weighted by Gasteiger charge is -1.98. The van der Waals surface area contributed by atoms with Gasteiger partial charge in [-0.1, -0.05) is 25.1 Å². The molecule has 0 fully saturated rings. The molecule has 0 aliphatic rings. The molecular formula is C12H13N3O4S2. The van der Waals surface area contributed by atoms with Crippen LogP contribution in [0.4, 0.5) is 5.69 Å². The third-order valence-corrected chi connectivity index (χ3v) is 4.90. The molecule has 0 atom stereocenters. The third-order valence-electron chi connectivity index (χ3n) is 2.71. The van der Waals surface area contributed by atoms with Crippen LogP contribution in [0.25, 0.3) is 0 Å². The van der Waals surface area contributed by atoms with Crippen molar-refractivity contribution in [3.63, 3.8) is 0 Å². The van der Waals surface area contributed by atoms with E-state index in [0.29, 0.717) is 22.0 Å². The summed E-state index contributed by atoms with van der Waals surface area (Å²) in [7, 11) is 1.65. The highest BCUT2D eigenvalue weighted by atomic mass is 32.2. The first-order valence-electron chi connectivity index (χ1n) is 6.14. The smallest absolute Gasteiger partial charge is 0.345 e. The lowest BCUT2D eigenvalue weighted by atomic mass is 10.2. The third kappa shape index (κ3) is 3.24. The number of nitro groups is 1. The van der Waals surface area contributed by atoms with Crippen molar-refractivity contribution in [3.8, 4) is 0 Å². The first kappa shape index (κ1) is 15.5. The van der Waals surface area contributed by atoms with Crippen LogP contribution in [0.1, 0.15) is 28.7 Å². The maximum Gasteiger partial charge on any atom is 0.345 e. The molecule has 0 unspecified atom stereocenters. The van der Waals surface area contributed by atoms with Crippen LogP contribution in [0.2, 0.25) is 0 Å². The molecule has 2 heterocycles. The zero-order chi connectivity index (χ0) is 15.6. The topological polar surface area (TPSA) is 98.3 Å². The number of carbonyl (C=O) groups is 1. The molecule has 7 nitrogen and oxygen atoms in total. The van der Waals surface area contributed by atoms with Crippen LogP contribution in [0.5, 0.6) is 0 Å². The van der Waals surface area contributed by atoms with E-state index in [1.165, 1.54) is 10.7 Å². The first-order valence-corrected chi connectivity index (χ1v) is 7.83. The van der Waals surface area contributed by atoms with Crippen LogP contribution in [0, 0.1) is 10.1 Å². The number of carboxylic acid groups (broad SMARTS) is 1. The van der Waals surface area contributed by atoms with E-state index in [1.807, 2.05) is 6.92 Å². The zero-order valence-corrected chi connectivity index (χ0v) is 13.0. The van der Waals surface area contributed by atoms with Gasteiger partial charge in [0.25, 0.3) is 0 Å². The molecule has 0 amide bonds. The SMILES string of the molecule is CCCc1nn(C)c(Sc2csc(C(=O)O)c2)c1[N+](=O)[O-]. The summed E-state index contributed by atoms with van der Waals surface area (Å²) in [5.41, 5.74) is 0.466. The second-order valence-corrected chi connectivity index (χ2v) is 6.26. The molecule has 0 saturated carbocycles. The van der Waals surface area contributed by atoms with Gasteiger partial charge in [-0.25, -0.2) is 4.79 Å². The van der Waals surface area contributed by atoms with Gasteiger partial charge >= 0.3 is 11.7 Å². The van der Waals surface area contributed by atoms with Crippen LogP contribution in [-0.4, -0.2) is 25.8 Å². The number of carboxylic acids is 1. The Morgan fingerprint density at radius 3 is 2.86 bits per heavy atom. The average molecular weight is 327 g/mol. The summed E-state index contributed by atoms with van der Waals surface area (Å²) in [6.07, 6.45) is 1.30. The van der Waals surface area contributed by atoms with Gasteiger partial charge in [0.2, 0.25) is 0 Å². The number of hydrogen-bond acceptors (Lipinski definition) is 6. The number of thiophene rings is 1. The van der Waals surface area contributed by atoms with Crippen molar-refractivity contribution in [2.75, 3.05) is 0 Å². The molecule has 1 N–H and O–H groups in total. The van der Waals surface area contributed by atoms with Gasteiger partial charge < -0.3 is 5.11 Å². The zero-order valence-electron chi connectivity index (χ0n) is 11.4. The quantitative estimate of drug-likeness (QED) is 0.646. The molecule has 112 valence electrons. The van der Waals surface area contributed by atoms with E-state index < -0.39 is 10.9 Å². The highest BCUT2D eigenvalue weighted by Gasteiger charge is 2.27. The number of aromatic carboxylic acids is 1. The Hall–Kier alpha value is -1.87. The van der Waals surface area contributed by atoms with Crippen molar-refractivity contribution >= 4 is 34.8 Å². The summed E-state index contributed by atoms with van der Waals surface area (Å²) in [6, 6.07) is 1.51. The van der Waals surface area contributed by atoms with Crippen molar-refractivity contribution < 1.29 is 14.8 Å². The molecular weight excluding hydrogens is 314 g/mol. The summed E-state index contributed by atoms with van der Waals surface area (Å²) in [5.74, 6) is -1.00.